The normalized spacial score (nSPS) is 19.5. The molecular formula is C24H30N4O4. The SMILES string of the molecule is COc1cccc(C(=O)N2CCC3(CC2)Cc2c(c(C(=O)NCC4CC4)nn2C)CO3)c1. The molecule has 2 aromatic rings. The Hall–Kier alpha value is -2.87. The van der Waals surface area contributed by atoms with Gasteiger partial charge >= 0.3 is 0 Å². The second-order valence-electron chi connectivity index (χ2n) is 9.22. The molecule has 2 fully saturated rings. The lowest BCUT2D eigenvalue weighted by Crippen LogP contribution is -2.50. The van der Waals surface area contributed by atoms with Crippen LogP contribution in [-0.2, 0) is 24.8 Å². The number of carbonyl (C=O) groups excluding carboxylic acids is 2. The molecule has 32 heavy (non-hydrogen) atoms. The number of amides is 2. The minimum Gasteiger partial charge on any atom is -0.497 e. The van der Waals surface area contributed by atoms with E-state index < -0.39 is 0 Å². The zero-order valence-corrected chi connectivity index (χ0v) is 18.7. The number of rotatable bonds is 5. The molecule has 2 amide bonds. The van der Waals surface area contributed by atoms with Gasteiger partial charge in [-0.1, -0.05) is 6.07 Å². The van der Waals surface area contributed by atoms with Crippen LogP contribution in [0.25, 0.3) is 0 Å². The maximum absolute atomic E-state index is 13.0. The molecule has 8 nitrogen and oxygen atoms in total. The van der Waals surface area contributed by atoms with E-state index in [1.807, 2.05) is 34.8 Å². The van der Waals surface area contributed by atoms with Crippen LogP contribution in [-0.4, -0.2) is 58.8 Å². The van der Waals surface area contributed by atoms with Crippen molar-refractivity contribution in [2.75, 3.05) is 26.7 Å². The molecule has 0 unspecified atom stereocenters. The Bertz CT molecular complexity index is 1030. The summed E-state index contributed by atoms with van der Waals surface area (Å²) < 4.78 is 13.4. The highest BCUT2D eigenvalue weighted by Gasteiger charge is 2.42. The van der Waals surface area contributed by atoms with Gasteiger partial charge in [-0.15, -0.1) is 0 Å². The average Bonchev–Trinajstić information content (AvgIpc) is 3.60. The smallest absolute Gasteiger partial charge is 0.272 e. The molecule has 1 spiro atoms. The Morgan fingerprint density at radius 3 is 2.78 bits per heavy atom. The van der Waals surface area contributed by atoms with Crippen LogP contribution in [0.1, 0.15) is 57.8 Å². The number of benzene rings is 1. The Labute approximate surface area is 187 Å². The highest BCUT2D eigenvalue weighted by atomic mass is 16.5. The Morgan fingerprint density at radius 1 is 1.28 bits per heavy atom. The highest BCUT2D eigenvalue weighted by molar-refractivity contribution is 5.95. The van der Waals surface area contributed by atoms with Gasteiger partial charge in [-0.25, -0.2) is 0 Å². The summed E-state index contributed by atoms with van der Waals surface area (Å²) in [5.41, 5.74) is 2.79. The van der Waals surface area contributed by atoms with Crippen molar-refractivity contribution in [3.63, 3.8) is 0 Å². The van der Waals surface area contributed by atoms with Crippen LogP contribution in [0.15, 0.2) is 24.3 Å². The minimum absolute atomic E-state index is 0.0189. The molecule has 3 heterocycles. The summed E-state index contributed by atoms with van der Waals surface area (Å²) in [6.45, 7) is 2.39. The fourth-order valence-electron chi connectivity index (χ4n) is 4.76. The van der Waals surface area contributed by atoms with Gasteiger partial charge in [0.15, 0.2) is 5.69 Å². The van der Waals surface area contributed by atoms with Gasteiger partial charge in [-0.05, 0) is 49.8 Å². The van der Waals surface area contributed by atoms with Gasteiger partial charge in [0, 0.05) is 49.9 Å². The fourth-order valence-corrected chi connectivity index (χ4v) is 4.76. The molecular weight excluding hydrogens is 408 g/mol. The van der Waals surface area contributed by atoms with E-state index >= 15 is 0 Å². The predicted octanol–water partition coefficient (Wildman–Crippen LogP) is 2.32. The molecule has 2 aliphatic heterocycles. The van der Waals surface area contributed by atoms with Gasteiger partial charge in [0.05, 0.1) is 19.3 Å². The number of hydrogen-bond donors (Lipinski definition) is 1. The van der Waals surface area contributed by atoms with Crippen LogP contribution in [0, 0.1) is 5.92 Å². The minimum atomic E-state index is -0.312. The molecule has 3 aliphatic rings. The molecule has 0 bridgehead atoms. The number of ether oxygens (including phenoxy) is 2. The molecule has 1 aromatic heterocycles. The van der Waals surface area contributed by atoms with Crippen molar-refractivity contribution in [1.29, 1.82) is 0 Å². The van der Waals surface area contributed by atoms with E-state index in [9.17, 15) is 9.59 Å². The molecule has 5 rings (SSSR count). The number of piperidine rings is 1. The van der Waals surface area contributed by atoms with E-state index in [0.29, 0.717) is 49.0 Å². The van der Waals surface area contributed by atoms with Crippen molar-refractivity contribution >= 4 is 11.8 Å². The molecule has 0 atom stereocenters. The molecule has 1 aromatic carbocycles. The van der Waals surface area contributed by atoms with E-state index in [2.05, 4.69) is 10.4 Å². The van der Waals surface area contributed by atoms with Crippen molar-refractivity contribution in [3.8, 4) is 5.75 Å². The van der Waals surface area contributed by atoms with Crippen molar-refractivity contribution in [1.82, 2.24) is 20.0 Å². The first kappa shape index (κ1) is 21.0. The monoisotopic (exact) mass is 438 g/mol. The second kappa shape index (κ2) is 8.24. The summed E-state index contributed by atoms with van der Waals surface area (Å²) in [5, 5.41) is 7.53. The number of hydrogen-bond acceptors (Lipinski definition) is 5. The Balaban J connectivity index is 1.25. The lowest BCUT2D eigenvalue weighted by Gasteiger charge is -2.43. The summed E-state index contributed by atoms with van der Waals surface area (Å²) >= 11 is 0. The van der Waals surface area contributed by atoms with E-state index in [1.165, 1.54) is 12.8 Å². The summed E-state index contributed by atoms with van der Waals surface area (Å²) in [6, 6.07) is 7.28. The maximum Gasteiger partial charge on any atom is 0.272 e. The number of nitrogens with one attached hydrogen (secondary N) is 1. The third-order valence-electron chi connectivity index (χ3n) is 7.03. The number of aromatic nitrogens is 2. The summed E-state index contributed by atoms with van der Waals surface area (Å²) in [5.74, 6) is 1.22. The largest absolute Gasteiger partial charge is 0.497 e. The number of methoxy groups -OCH3 is 1. The van der Waals surface area contributed by atoms with Crippen LogP contribution >= 0.6 is 0 Å². The second-order valence-corrected chi connectivity index (χ2v) is 9.22. The van der Waals surface area contributed by atoms with Gasteiger partial charge in [-0.2, -0.15) is 5.10 Å². The van der Waals surface area contributed by atoms with E-state index in [1.54, 1.807) is 13.2 Å². The summed E-state index contributed by atoms with van der Waals surface area (Å²) in [7, 11) is 3.50. The molecule has 1 aliphatic carbocycles. The van der Waals surface area contributed by atoms with Crippen LogP contribution in [0.4, 0.5) is 0 Å². The Kier molecular flexibility index (Phi) is 5.41. The topological polar surface area (TPSA) is 85.7 Å². The number of likely N-dealkylation sites (tertiary alicyclic amines) is 1. The lowest BCUT2D eigenvalue weighted by atomic mass is 9.83. The highest BCUT2D eigenvalue weighted by Crippen LogP contribution is 2.37. The third kappa shape index (κ3) is 3.99. The first-order valence-electron chi connectivity index (χ1n) is 11.4. The van der Waals surface area contributed by atoms with Gasteiger partial charge in [0.2, 0.25) is 0 Å². The number of carbonyl (C=O) groups is 2. The maximum atomic E-state index is 13.0. The molecule has 1 saturated carbocycles. The summed E-state index contributed by atoms with van der Waals surface area (Å²) in [6.07, 6.45) is 4.63. The van der Waals surface area contributed by atoms with Crippen molar-refractivity contribution in [3.05, 3.63) is 46.8 Å². The van der Waals surface area contributed by atoms with Crippen LogP contribution < -0.4 is 10.1 Å². The van der Waals surface area contributed by atoms with Crippen LogP contribution in [0.5, 0.6) is 5.75 Å². The fraction of sp³-hybridized carbons (Fsp3) is 0.542. The standard InChI is InChI=1S/C24H30N4O4/c1-27-20-13-24(32-15-19(20)21(26-27)22(29)25-14-16-6-7-16)8-10-28(11-9-24)23(30)17-4-3-5-18(12-17)31-2/h3-5,12,16H,6-11,13-15H2,1-2H3,(H,25,29). The molecule has 0 radical (unpaired) electrons. The molecule has 1 saturated heterocycles. The predicted molar refractivity (Wildman–Crippen MR) is 118 cm³/mol. The van der Waals surface area contributed by atoms with E-state index in [4.69, 9.17) is 9.47 Å². The third-order valence-corrected chi connectivity index (χ3v) is 7.03. The number of nitrogens with zero attached hydrogens (tertiary/aromatic N) is 3. The van der Waals surface area contributed by atoms with Crippen molar-refractivity contribution in [2.45, 2.75) is 44.3 Å². The lowest BCUT2D eigenvalue weighted by molar-refractivity contribution is -0.0990. The quantitative estimate of drug-likeness (QED) is 0.774. The van der Waals surface area contributed by atoms with E-state index in [-0.39, 0.29) is 17.4 Å². The van der Waals surface area contributed by atoms with Crippen molar-refractivity contribution < 1.29 is 19.1 Å². The molecule has 8 heteroatoms. The Morgan fingerprint density at radius 2 is 2.06 bits per heavy atom. The summed E-state index contributed by atoms with van der Waals surface area (Å²) in [4.78, 5) is 27.5. The number of aryl methyl sites for hydroxylation is 1. The van der Waals surface area contributed by atoms with Crippen molar-refractivity contribution in [2.24, 2.45) is 13.0 Å². The average molecular weight is 439 g/mol. The van der Waals surface area contributed by atoms with Crippen LogP contribution in [0.3, 0.4) is 0 Å². The first-order valence-corrected chi connectivity index (χ1v) is 11.4. The molecule has 1 N–H and O–H groups in total. The first-order chi connectivity index (χ1) is 15.5. The number of fused-ring (bicyclic) bond motifs is 1. The van der Waals surface area contributed by atoms with Crippen LogP contribution in [0.2, 0.25) is 0 Å². The van der Waals surface area contributed by atoms with Gasteiger partial charge in [0.25, 0.3) is 11.8 Å². The van der Waals surface area contributed by atoms with Gasteiger partial charge < -0.3 is 19.7 Å². The zero-order chi connectivity index (χ0) is 22.3. The zero-order valence-electron chi connectivity index (χ0n) is 18.7. The molecule has 170 valence electrons. The van der Waals surface area contributed by atoms with Gasteiger partial charge in [-0.3, -0.25) is 14.3 Å². The van der Waals surface area contributed by atoms with Gasteiger partial charge in [0.1, 0.15) is 5.75 Å². The van der Waals surface area contributed by atoms with E-state index in [0.717, 1.165) is 30.6 Å².